The first kappa shape index (κ1) is 28.6. The summed E-state index contributed by atoms with van der Waals surface area (Å²) in [7, 11) is -2.90. The van der Waals surface area contributed by atoms with E-state index in [1.165, 1.54) is 0 Å². The summed E-state index contributed by atoms with van der Waals surface area (Å²) in [5.41, 5.74) is 8.60. The third-order valence-corrected chi connectivity index (χ3v) is 12.6. The Morgan fingerprint density at radius 1 is 0.667 bits per heavy atom. The van der Waals surface area contributed by atoms with Gasteiger partial charge in [0.15, 0.2) is 0 Å². The second-order valence-electron chi connectivity index (χ2n) is 11.5. The lowest BCUT2D eigenvalue weighted by Crippen LogP contribution is -2.37. The first-order valence-electron chi connectivity index (χ1n) is 15.0. The molecule has 0 atom stereocenters. The zero-order valence-electron chi connectivity index (χ0n) is 25.7. The van der Waals surface area contributed by atoms with Crippen LogP contribution in [0.25, 0.3) is 33.1 Å². The highest BCUT2D eigenvalue weighted by Crippen LogP contribution is 2.59. The number of nitrogens with zero attached hydrogens (tertiary/aromatic N) is 2. The molecule has 0 aliphatic rings. The fourth-order valence-corrected chi connectivity index (χ4v) is 10.4. The highest BCUT2D eigenvalue weighted by molar-refractivity contribution is 7.92. The summed E-state index contributed by atoms with van der Waals surface area (Å²) in [6, 6.07) is 37.0. The Morgan fingerprint density at radius 2 is 1.27 bits per heavy atom. The second-order valence-corrected chi connectivity index (χ2v) is 14.4. The Kier molecular flexibility index (Phi) is 7.27. The lowest BCUT2D eigenvalue weighted by molar-refractivity contribution is 0.0755. The van der Waals surface area contributed by atoms with Gasteiger partial charge in [0.1, 0.15) is 27.9 Å². The molecule has 0 aliphatic carbocycles. The number of H-pyrrole nitrogens is 1. The van der Waals surface area contributed by atoms with Crippen LogP contribution in [0.1, 0.15) is 32.6 Å². The van der Waals surface area contributed by atoms with Gasteiger partial charge in [-0.15, -0.1) is 0 Å². The topological polar surface area (TPSA) is 67.9 Å². The van der Waals surface area contributed by atoms with Crippen molar-refractivity contribution in [3.8, 4) is 11.1 Å². The summed E-state index contributed by atoms with van der Waals surface area (Å²) in [5.74, 6) is -0.346. The van der Waals surface area contributed by atoms with Gasteiger partial charge in [-0.25, -0.2) is 14.8 Å². The molecule has 5 nitrogen and oxygen atoms in total. The maximum absolute atomic E-state index is 14.5. The molecule has 0 spiro atoms. The third-order valence-electron chi connectivity index (χ3n) is 8.64. The quantitative estimate of drug-likeness (QED) is 0.194. The predicted octanol–water partition coefficient (Wildman–Crippen LogP) is 8.08. The molecule has 0 saturated carbocycles. The van der Waals surface area contributed by atoms with Gasteiger partial charge in [-0.1, -0.05) is 72.8 Å². The van der Waals surface area contributed by atoms with E-state index in [2.05, 4.69) is 97.2 Å². The Labute approximate surface area is 263 Å². The van der Waals surface area contributed by atoms with Crippen molar-refractivity contribution in [2.45, 2.75) is 27.7 Å². The molecule has 2 aromatic heterocycles. The van der Waals surface area contributed by atoms with Crippen LogP contribution in [0.5, 0.6) is 0 Å². The van der Waals surface area contributed by atoms with Gasteiger partial charge in [-0.05, 0) is 97.5 Å². The van der Waals surface area contributed by atoms with Crippen LogP contribution in [0.2, 0.25) is 0 Å². The van der Waals surface area contributed by atoms with Crippen molar-refractivity contribution in [2.24, 2.45) is 0 Å². The van der Waals surface area contributed by atoms with Gasteiger partial charge in [0, 0.05) is 22.5 Å². The van der Waals surface area contributed by atoms with Crippen molar-refractivity contribution >= 4 is 51.3 Å². The third kappa shape index (κ3) is 4.90. The number of aromatic amines is 1. The van der Waals surface area contributed by atoms with Crippen LogP contribution in [0.4, 0.5) is 0 Å². The highest BCUT2D eigenvalue weighted by atomic mass is 31.2. The second kappa shape index (κ2) is 11.4. The standard InChI is InChI=1S/C39H33N3O2P/c1-25-17-18-30(21-32(25)29-19-20-31-33-23-40-24-41-38(33)42-34(31)22-29)39(43)44-45(35-14-8-5-11-26(35)2,36-15-9-6-12-27(36)3)37-16-10-7-13-28(37)4/h5-24H,1-4H3,(H,40,41,42)/q+1. The van der Waals surface area contributed by atoms with E-state index in [1.807, 2.05) is 60.8 Å². The average molecular weight is 607 g/mol. The molecule has 0 radical (unpaired) electrons. The van der Waals surface area contributed by atoms with E-state index in [1.54, 1.807) is 6.33 Å². The van der Waals surface area contributed by atoms with Crippen molar-refractivity contribution in [3.05, 3.63) is 150 Å². The lowest BCUT2D eigenvalue weighted by atomic mass is 9.97. The molecule has 1 N–H and O–H groups in total. The number of aryl methyl sites for hydroxylation is 4. The normalized spacial score (nSPS) is 11.6. The van der Waals surface area contributed by atoms with Crippen LogP contribution in [0, 0.1) is 27.7 Å². The van der Waals surface area contributed by atoms with Crippen molar-refractivity contribution in [3.63, 3.8) is 0 Å². The minimum Gasteiger partial charge on any atom is -0.339 e. The van der Waals surface area contributed by atoms with Crippen LogP contribution in [-0.4, -0.2) is 20.9 Å². The summed E-state index contributed by atoms with van der Waals surface area (Å²) in [6.45, 7) is 8.37. The molecule has 7 aromatic rings. The van der Waals surface area contributed by atoms with Crippen LogP contribution in [0.3, 0.4) is 0 Å². The molecule has 0 unspecified atom stereocenters. The molecule has 5 aromatic carbocycles. The molecule has 6 heteroatoms. The van der Waals surface area contributed by atoms with Crippen molar-refractivity contribution in [1.82, 2.24) is 15.0 Å². The van der Waals surface area contributed by atoms with Gasteiger partial charge in [0.2, 0.25) is 0 Å². The Hall–Kier alpha value is -5.12. The Morgan fingerprint density at radius 3 is 1.87 bits per heavy atom. The minimum absolute atomic E-state index is 0.346. The number of carbonyl (C=O) groups is 1. The molecule has 0 fully saturated rings. The zero-order valence-corrected chi connectivity index (χ0v) is 26.6. The number of rotatable bonds is 6. The number of benzene rings is 5. The number of hydrogen-bond acceptors (Lipinski definition) is 4. The highest BCUT2D eigenvalue weighted by Gasteiger charge is 2.54. The number of nitrogens with one attached hydrogen (secondary N) is 1. The van der Waals surface area contributed by atoms with E-state index in [9.17, 15) is 4.79 Å². The lowest BCUT2D eigenvalue weighted by Gasteiger charge is -2.28. The molecule has 7 rings (SSSR count). The van der Waals surface area contributed by atoms with Crippen LogP contribution >= 0.6 is 7.49 Å². The molecular weight excluding hydrogens is 573 g/mol. The maximum Gasteiger partial charge on any atom is 0.382 e. The Balaban J connectivity index is 1.39. The number of hydrogen-bond donors (Lipinski definition) is 1. The van der Waals surface area contributed by atoms with Crippen LogP contribution < -0.4 is 15.9 Å². The molecule has 0 bridgehead atoms. The molecule has 0 aliphatic heterocycles. The number of carbonyl (C=O) groups excluding carboxylic acids is 1. The molecular formula is C39H33N3O2P+. The first-order chi connectivity index (χ1) is 21.9. The molecule has 0 amide bonds. The van der Waals surface area contributed by atoms with Gasteiger partial charge in [-0.3, -0.25) is 4.52 Å². The molecule has 45 heavy (non-hydrogen) atoms. The SMILES string of the molecule is Cc1ccc(C(=O)O[P+](c2ccccc2C)(c2ccccc2C)c2ccccc2C)cc1-c1ccc2c(c1)[nH]c1ncncc12. The van der Waals surface area contributed by atoms with E-state index in [4.69, 9.17) is 4.52 Å². The summed E-state index contributed by atoms with van der Waals surface area (Å²) >= 11 is 0. The van der Waals surface area contributed by atoms with Gasteiger partial charge >= 0.3 is 5.97 Å². The van der Waals surface area contributed by atoms with Crippen LogP contribution in [-0.2, 0) is 4.52 Å². The van der Waals surface area contributed by atoms with Gasteiger partial charge in [-0.2, -0.15) is 0 Å². The minimum atomic E-state index is -2.90. The largest absolute Gasteiger partial charge is 0.382 e. The summed E-state index contributed by atoms with van der Waals surface area (Å²) in [5, 5.41) is 5.17. The zero-order chi connectivity index (χ0) is 31.1. The maximum atomic E-state index is 14.5. The number of aromatic nitrogens is 3. The fraction of sp³-hybridized carbons (Fsp3) is 0.103. The van der Waals surface area contributed by atoms with E-state index < -0.39 is 7.49 Å². The van der Waals surface area contributed by atoms with Crippen molar-refractivity contribution in [1.29, 1.82) is 0 Å². The molecule has 2 heterocycles. The summed E-state index contributed by atoms with van der Waals surface area (Å²) in [4.78, 5) is 26.5. The van der Waals surface area contributed by atoms with Crippen molar-refractivity contribution in [2.75, 3.05) is 0 Å². The van der Waals surface area contributed by atoms with E-state index in [-0.39, 0.29) is 5.97 Å². The van der Waals surface area contributed by atoms with Gasteiger partial charge in [0.05, 0.1) is 5.56 Å². The first-order valence-corrected chi connectivity index (χ1v) is 16.7. The Bertz CT molecular complexity index is 2130. The van der Waals surface area contributed by atoms with E-state index in [0.717, 1.165) is 71.2 Å². The van der Waals surface area contributed by atoms with E-state index >= 15 is 0 Å². The average Bonchev–Trinajstić information content (AvgIpc) is 3.43. The molecule has 0 saturated heterocycles. The number of fused-ring (bicyclic) bond motifs is 3. The van der Waals surface area contributed by atoms with Gasteiger partial charge in [0.25, 0.3) is 7.49 Å². The predicted molar refractivity (Wildman–Crippen MR) is 186 cm³/mol. The summed E-state index contributed by atoms with van der Waals surface area (Å²) in [6.07, 6.45) is 3.38. The van der Waals surface area contributed by atoms with Crippen LogP contribution in [0.15, 0.2) is 122 Å². The fourth-order valence-electron chi connectivity index (χ4n) is 6.33. The summed E-state index contributed by atoms with van der Waals surface area (Å²) < 4.78 is 7.02. The van der Waals surface area contributed by atoms with E-state index in [0.29, 0.717) is 5.56 Å². The van der Waals surface area contributed by atoms with Gasteiger partial charge < -0.3 is 4.98 Å². The smallest absolute Gasteiger partial charge is 0.339 e. The molecule has 220 valence electrons. The monoisotopic (exact) mass is 606 g/mol. The van der Waals surface area contributed by atoms with Crippen molar-refractivity contribution < 1.29 is 9.32 Å².